The number of hydrogen-bond acceptors (Lipinski definition) is 5. The molecule has 2 amide bonds. The highest BCUT2D eigenvalue weighted by Gasteiger charge is 2.16. The fourth-order valence-electron chi connectivity index (χ4n) is 2.64. The van der Waals surface area contributed by atoms with Crippen LogP contribution in [0.1, 0.15) is 34.3 Å². The van der Waals surface area contributed by atoms with Crippen molar-refractivity contribution in [1.29, 1.82) is 0 Å². The van der Waals surface area contributed by atoms with E-state index in [1.807, 2.05) is 52.1 Å². The second-order valence-electron chi connectivity index (χ2n) is 6.05. The lowest BCUT2D eigenvalue weighted by atomic mass is 10.2. The minimum atomic E-state index is -0.172. The smallest absolute Gasteiger partial charge is 0.267 e. The molecule has 140 valence electrons. The molecule has 27 heavy (non-hydrogen) atoms. The first kappa shape index (κ1) is 19.3. The summed E-state index contributed by atoms with van der Waals surface area (Å²) in [5, 5.41) is 6.99. The van der Waals surface area contributed by atoms with Gasteiger partial charge in [-0.25, -0.2) is 4.98 Å². The summed E-state index contributed by atoms with van der Waals surface area (Å²) in [5.74, 6) is -0.129. The number of nitrogens with zero attached hydrogens (tertiary/aromatic N) is 2. The first-order valence-corrected chi connectivity index (χ1v) is 10.5. The molecule has 3 aromatic rings. The van der Waals surface area contributed by atoms with Gasteiger partial charge in [0.15, 0.2) is 5.13 Å². The van der Waals surface area contributed by atoms with Crippen molar-refractivity contribution in [3.8, 4) is 0 Å². The number of nitrogens with one attached hydrogen (secondary N) is 1. The number of carbonyl (C=O) groups is 2. The van der Waals surface area contributed by atoms with Crippen LogP contribution in [0.5, 0.6) is 0 Å². The van der Waals surface area contributed by atoms with Crippen molar-refractivity contribution in [2.45, 2.75) is 26.3 Å². The molecule has 3 rings (SSSR count). The Labute approximate surface area is 166 Å². The molecule has 7 heteroatoms. The van der Waals surface area contributed by atoms with E-state index in [-0.39, 0.29) is 18.2 Å². The average molecular weight is 400 g/mol. The molecule has 0 aliphatic rings. The van der Waals surface area contributed by atoms with E-state index in [4.69, 9.17) is 0 Å². The monoisotopic (exact) mass is 399 g/mol. The number of rotatable bonds is 8. The normalized spacial score (nSPS) is 10.6. The van der Waals surface area contributed by atoms with Crippen LogP contribution < -0.4 is 5.32 Å². The first-order chi connectivity index (χ1) is 13.2. The maximum atomic E-state index is 12.7. The van der Waals surface area contributed by atoms with Gasteiger partial charge in [-0.2, -0.15) is 0 Å². The molecule has 2 aromatic heterocycles. The molecule has 0 spiro atoms. The van der Waals surface area contributed by atoms with E-state index in [0.717, 1.165) is 12.0 Å². The number of thiazole rings is 1. The van der Waals surface area contributed by atoms with Gasteiger partial charge >= 0.3 is 0 Å². The lowest BCUT2D eigenvalue weighted by molar-refractivity contribution is -0.131. The van der Waals surface area contributed by atoms with Crippen LogP contribution in [0.4, 0.5) is 5.13 Å². The largest absolute Gasteiger partial charge is 0.338 e. The second kappa shape index (κ2) is 9.43. The number of carbonyl (C=O) groups excluding carboxylic acids is 2. The Morgan fingerprint density at radius 1 is 1.11 bits per heavy atom. The quantitative estimate of drug-likeness (QED) is 0.609. The lowest BCUT2D eigenvalue weighted by Crippen LogP contribution is -2.32. The van der Waals surface area contributed by atoms with Gasteiger partial charge in [0, 0.05) is 18.5 Å². The zero-order valence-corrected chi connectivity index (χ0v) is 16.7. The van der Waals surface area contributed by atoms with E-state index >= 15 is 0 Å². The molecule has 2 heterocycles. The summed E-state index contributed by atoms with van der Waals surface area (Å²) in [7, 11) is 0. The maximum Gasteiger partial charge on any atom is 0.267 e. The average Bonchev–Trinajstić information content (AvgIpc) is 3.34. The predicted molar refractivity (Wildman–Crippen MR) is 110 cm³/mol. The van der Waals surface area contributed by atoms with E-state index < -0.39 is 0 Å². The molecule has 0 aliphatic heterocycles. The number of benzene rings is 1. The lowest BCUT2D eigenvalue weighted by Gasteiger charge is -2.22. The summed E-state index contributed by atoms with van der Waals surface area (Å²) >= 11 is 2.72. The molecule has 1 N–H and O–H groups in total. The van der Waals surface area contributed by atoms with E-state index in [1.54, 1.807) is 6.07 Å². The maximum absolute atomic E-state index is 12.7. The van der Waals surface area contributed by atoms with Crippen LogP contribution in [-0.4, -0.2) is 28.2 Å². The standard InChI is InChI=1S/C20H21N3O2S2/c1-2-10-23(13-15-7-4-3-5-8-15)18(24)12-16-14-27-20(21-16)22-19(25)17-9-6-11-26-17/h3-9,11,14H,2,10,12-13H2,1H3,(H,21,22,25). The molecular formula is C20H21N3O2S2. The number of amides is 2. The Balaban J connectivity index is 1.60. The predicted octanol–water partition coefficient (Wildman–Crippen LogP) is 4.44. The van der Waals surface area contributed by atoms with Crippen LogP contribution in [-0.2, 0) is 17.8 Å². The van der Waals surface area contributed by atoms with E-state index in [1.165, 1.54) is 22.7 Å². The minimum absolute atomic E-state index is 0.0436. The molecule has 0 bridgehead atoms. The van der Waals surface area contributed by atoms with Crippen molar-refractivity contribution in [3.63, 3.8) is 0 Å². The third-order valence-corrected chi connectivity index (χ3v) is 5.59. The fourth-order valence-corrected chi connectivity index (χ4v) is 3.97. The van der Waals surface area contributed by atoms with Gasteiger partial charge < -0.3 is 4.90 Å². The summed E-state index contributed by atoms with van der Waals surface area (Å²) < 4.78 is 0. The van der Waals surface area contributed by atoms with Crippen LogP contribution in [0.25, 0.3) is 0 Å². The molecule has 0 aliphatic carbocycles. The molecule has 0 atom stereocenters. The molecule has 0 unspecified atom stereocenters. The molecule has 5 nitrogen and oxygen atoms in total. The molecule has 0 fully saturated rings. The zero-order chi connectivity index (χ0) is 19.1. The highest BCUT2D eigenvalue weighted by molar-refractivity contribution is 7.14. The molecule has 0 saturated carbocycles. The van der Waals surface area contributed by atoms with Crippen molar-refractivity contribution in [1.82, 2.24) is 9.88 Å². The number of hydrogen-bond donors (Lipinski definition) is 1. The van der Waals surface area contributed by atoms with Crippen molar-refractivity contribution in [2.75, 3.05) is 11.9 Å². The van der Waals surface area contributed by atoms with Gasteiger partial charge in [-0.1, -0.05) is 43.3 Å². The molecule has 1 aromatic carbocycles. The second-order valence-corrected chi connectivity index (χ2v) is 7.86. The third-order valence-electron chi connectivity index (χ3n) is 3.91. The van der Waals surface area contributed by atoms with Crippen LogP contribution in [0.15, 0.2) is 53.2 Å². The van der Waals surface area contributed by atoms with Gasteiger partial charge in [0.1, 0.15) is 0 Å². The number of thiophene rings is 1. The fraction of sp³-hybridized carbons (Fsp3) is 0.250. The van der Waals surface area contributed by atoms with Crippen LogP contribution in [0.3, 0.4) is 0 Å². The number of aromatic nitrogens is 1. The highest BCUT2D eigenvalue weighted by atomic mass is 32.1. The van der Waals surface area contributed by atoms with Crippen molar-refractivity contribution >= 4 is 39.6 Å². The van der Waals surface area contributed by atoms with Crippen molar-refractivity contribution in [3.05, 3.63) is 69.4 Å². The van der Waals surface area contributed by atoms with Gasteiger partial charge in [-0.3, -0.25) is 14.9 Å². The number of anilines is 1. The van der Waals surface area contributed by atoms with E-state index in [0.29, 0.717) is 28.8 Å². The Morgan fingerprint density at radius 2 is 1.93 bits per heavy atom. The summed E-state index contributed by atoms with van der Waals surface area (Å²) in [6, 6.07) is 13.6. The highest BCUT2D eigenvalue weighted by Crippen LogP contribution is 2.19. The Morgan fingerprint density at radius 3 is 2.63 bits per heavy atom. The topological polar surface area (TPSA) is 62.3 Å². The molecule has 0 radical (unpaired) electrons. The molecule has 0 saturated heterocycles. The SMILES string of the molecule is CCCN(Cc1ccccc1)C(=O)Cc1csc(NC(=O)c2cccs2)n1. The van der Waals surface area contributed by atoms with Crippen LogP contribution >= 0.6 is 22.7 Å². The summed E-state index contributed by atoms with van der Waals surface area (Å²) in [4.78, 5) is 31.7. The third kappa shape index (κ3) is 5.48. The first-order valence-electron chi connectivity index (χ1n) is 8.76. The van der Waals surface area contributed by atoms with Gasteiger partial charge in [-0.15, -0.1) is 22.7 Å². The van der Waals surface area contributed by atoms with Gasteiger partial charge in [0.25, 0.3) is 5.91 Å². The summed E-state index contributed by atoms with van der Waals surface area (Å²) in [5.41, 5.74) is 1.79. The zero-order valence-electron chi connectivity index (χ0n) is 15.1. The van der Waals surface area contributed by atoms with E-state index in [2.05, 4.69) is 17.2 Å². The Hall–Kier alpha value is -2.51. The van der Waals surface area contributed by atoms with Crippen LogP contribution in [0, 0.1) is 0 Å². The van der Waals surface area contributed by atoms with Gasteiger partial charge in [0.2, 0.25) is 5.91 Å². The van der Waals surface area contributed by atoms with Crippen molar-refractivity contribution < 1.29 is 9.59 Å². The van der Waals surface area contributed by atoms with Crippen molar-refractivity contribution in [2.24, 2.45) is 0 Å². The summed E-state index contributed by atoms with van der Waals surface area (Å²) in [6.45, 7) is 3.37. The van der Waals surface area contributed by atoms with Gasteiger partial charge in [-0.05, 0) is 23.4 Å². The minimum Gasteiger partial charge on any atom is -0.338 e. The van der Waals surface area contributed by atoms with Crippen LogP contribution in [0.2, 0.25) is 0 Å². The Kier molecular flexibility index (Phi) is 6.73. The Bertz CT molecular complexity index is 876. The van der Waals surface area contributed by atoms with E-state index in [9.17, 15) is 9.59 Å². The molecular weight excluding hydrogens is 378 g/mol. The van der Waals surface area contributed by atoms with Gasteiger partial charge in [0.05, 0.1) is 17.0 Å². The summed E-state index contributed by atoms with van der Waals surface area (Å²) in [6.07, 6.45) is 1.13.